The first kappa shape index (κ1) is 17.2. The molecule has 1 atom stereocenters. The summed E-state index contributed by atoms with van der Waals surface area (Å²) in [7, 11) is 0. The van der Waals surface area contributed by atoms with Gasteiger partial charge in [-0.2, -0.15) is 9.61 Å². The number of rotatable bonds is 4. The highest BCUT2D eigenvalue weighted by atomic mass is 32.1. The maximum Gasteiger partial charge on any atom is 0.230 e. The number of hydrogen-bond acceptors (Lipinski definition) is 7. The molecule has 0 radical (unpaired) electrons. The molecule has 28 heavy (non-hydrogen) atoms. The fraction of sp³-hybridized carbons (Fsp3) is 0.263. The Morgan fingerprint density at radius 3 is 2.64 bits per heavy atom. The van der Waals surface area contributed by atoms with Crippen LogP contribution in [0.15, 0.2) is 53.4 Å². The molecule has 1 N–H and O–H groups in total. The van der Waals surface area contributed by atoms with E-state index in [0.29, 0.717) is 36.8 Å². The van der Waals surface area contributed by atoms with E-state index in [1.807, 2.05) is 23.1 Å². The first-order valence-electron chi connectivity index (χ1n) is 9.00. The molecule has 0 bridgehead atoms. The van der Waals surface area contributed by atoms with E-state index in [9.17, 15) is 9.50 Å². The molecule has 0 spiro atoms. The van der Waals surface area contributed by atoms with E-state index in [4.69, 9.17) is 4.42 Å². The number of thiazole rings is 1. The highest BCUT2D eigenvalue weighted by Crippen LogP contribution is 2.40. The molecule has 4 aromatic rings. The van der Waals surface area contributed by atoms with E-state index in [1.165, 1.54) is 28.2 Å². The summed E-state index contributed by atoms with van der Waals surface area (Å²) < 4.78 is 21.3. The van der Waals surface area contributed by atoms with Crippen molar-refractivity contribution >= 4 is 22.0 Å². The second-order valence-electron chi connectivity index (χ2n) is 6.64. The molecule has 1 saturated heterocycles. The molecule has 1 aliphatic heterocycles. The normalized spacial score (nSPS) is 16.7. The lowest BCUT2D eigenvalue weighted by Crippen LogP contribution is -2.48. The van der Waals surface area contributed by atoms with Gasteiger partial charge in [-0.15, -0.1) is 0 Å². The average Bonchev–Trinajstić information content (AvgIpc) is 3.45. The summed E-state index contributed by atoms with van der Waals surface area (Å²) >= 11 is 1.39. The summed E-state index contributed by atoms with van der Waals surface area (Å²) in [5.74, 6) is 0.622. The van der Waals surface area contributed by atoms with Crippen molar-refractivity contribution in [1.82, 2.24) is 19.5 Å². The summed E-state index contributed by atoms with van der Waals surface area (Å²) in [5.41, 5.74) is 0.623. The molecule has 0 amide bonds. The van der Waals surface area contributed by atoms with E-state index in [1.54, 1.807) is 18.4 Å². The van der Waals surface area contributed by atoms with Crippen LogP contribution in [0.3, 0.4) is 0 Å². The summed E-state index contributed by atoms with van der Waals surface area (Å²) in [4.78, 5) is 9.84. The molecule has 5 rings (SSSR count). The Labute approximate surface area is 164 Å². The summed E-state index contributed by atoms with van der Waals surface area (Å²) in [6.45, 7) is 2.76. The number of fused-ring (bicyclic) bond motifs is 1. The summed E-state index contributed by atoms with van der Waals surface area (Å²) in [6.07, 6.45) is 3.05. The monoisotopic (exact) mass is 399 g/mol. The Kier molecular flexibility index (Phi) is 4.25. The molecule has 1 fully saturated rings. The predicted octanol–water partition coefficient (Wildman–Crippen LogP) is 3.14. The van der Waals surface area contributed by atoms with Gasteiger partial charge in [-0.05, 0) is 24.3 Å². The van der Waals surface area contributed by atoms with Crippen molar-refractivity contribution in [2.24, 2.45) is 0 Å². The predicted molar refractivity (Wildman–Crippen MR) is 103 cm³/mol. The Hall–Kier alpha value is -2.91. The lowest BCUT2D eigenvalue weighted by molar-refractivity contribution is 0.190. The molecule has 0 saturated carbocycles. The average molecular weight is 399 g/mol. The zero-order valence-electron chi connectivity index (χ0n) is 14.9. The minimum Gasteiger partial charge on any atom is -0.492 e. The van der Waals surface area contributed by atoms with Crippen LogP contribution in [0.5, 0.6) is 5.88 Å². The highest BCUT2D eigenvalue weighted by Gasteiger charge is 2.33. The van der Waals surface area contributed by atoms with Gasteiger partial charge < -0.3 is 14.4 Å². The highest BCUT2D eigenvalue weighted by molar-refractivity contribution is 7.17. The Morgan fingerprint density at radius 2 is 1.93 bits per heavy atom. The first-order valence-corrected chi connectivity index (χ1v) is 9.82. The standard InChI is InChI=1S/C19H18FN5O2S/c20-13-4-1-2-5-14(13)23-7-9-24(10-8-23)16(15-6-3-11-27-15)17-18(26)25-19(28-17)21-12-22-25/h1-6,11-12,16,26H,7-10H2. The second kappa shape index (κ2) is 6.92. The fourth-order valence-electron chi connectivity index (χ4n) is 3.72. The van der Waals surface area contributed by atoms with Crippen molar-refractivity contribution in [3.05, 3.63) is 65.4 Å². The lowest BCUT2D eigenvalue weighted by atomic mass is 10.1. The van der Waals surface area contributed by atoms with Crippen molar-refractivity contribution < 1.29 is 13.9 Å². The lowest BCUT2D eigenvalue weighted by Gasteiger charge is -2.39. The van der Waals surface area contributed by atoms with Gasteiger partial charge in [-0.3, -0.25) is 4.90 Å². The number of benzene rings is 1. The molecular formula is C19H18FN5O2S. The van der Waals surface area contributed by atoms with Gasteiger partial charge in [0.25, 0.3) is 0 Å². The van der Waals surface area contributed by atoms with E-state index < -0.39 is 0 Å². The summed E-state index contributed by atoms with van der Waals surface area (Å²) in [5, 5.41) is 14.8. The fourth-order valence-corrected chi connectivity index (χ4v) is 4.79. The van der Waals surface area contributed by atoms with Gasteiger partial charge in [0.05, 0.1) is 16.8 Å². The van der Waals surface area contributed by atoms with Crippen LogP contribution in [-0.2, 0) is 0 Å². The quantitative estimate of drug-likeness (QED) is 0.569. The van der Waals surface area contributed by atoms with Gasteiger partial charge in [0.15, 0.2) is 0 Å². The molecule has 1 aromatic carbocycles. The molecule has 1 aliphatic rings. The van der Waals surface area contributed by atoms with Crippen LogP contribution < -0.4 is 4.90 Å². The van der Waals surface area contributed by atoms with Gasteiger partial charge in [0.1, 0.15) is 23.9 Å². The number of anilines is 1. The molecule has 4 heterocycles. The first-order chi connectivity index (χ1) is 13.7. The van der Waals surface area contributed by atoms with Crippen molar-refractivity contribution in [2.75, 3.05) is 31.1 Å². The van der Waals surface area contributed by atoms with E-state index in [0.717, 1.165) is 10.6 Å². The molecule has 1 unspecified atom stereocenters. The SMILES string of the molecule is Oc1c(C(c2ccco2)N2CCN(c3ccccc3F)CC2)sc2ncnn12. The van der Waals surface area contributed by atoms with Crippen LogP contribution in [0.2, 0.25) is 0 Å². The van der Waals surface area contributed by atoms with Crippen LogP contribution in [0, 0.1) is 5.82 Å². The van der Waals surface area contributed by atoms with E-state index in [2.05, 4.69) is 15.0 Å². The zero-order chi connectivity index (χ0) is 19.1. The van der Waals surface area contributed by atoms with Crippen LogP contribution in [0.25, 0.3) is 4.96 Å². The summed E-state index contributed by atoms with van der Waals surface area (Å²) in [6, 6.07) is 10.3. The van der Waals surface area contributed by atoms with Crippen molar-refractivity contribution in [3.63, 3.8) is 0 Å². The largest absolute Gasteiger partial charge is 0.492 e. The van der Waals surface area contributed by atoms with Crippen LogP contribution in [0.1, 0.15) is 16.7 Å². The minimum absolute atomic E-state index is 0.0791. The van der Waals surface area contributed by atoms with Crippen LogP contribution in [0.4, 0.5) is 10.1 Å². The number of halogens is 1. The molecular weight excluding hydrogens is 381 g/mol. The Balaban J connectivity index is 1.44. The Bertz CT molecular complexity index is 1090. The maximum atomic E-state index is 14.1. The van der Waals surface area contributed by atoms with E-state index >= 15 is 0 Å². The topological polar surface area (TPSA) is 70.0 Å². The zero-order valence-corrected chi connectivity index (χ0v) is 15.7. The third-order valence-corrected chi connectivity index (χ3v) is 6.16. The van der Waals surface area contributed by atoms with Crippen LogP contribution >= 0.6 is 11.3 Å². The Morgan fingerprint density at radius 1 is 1.11 bits per heavy atom. The third-order valence-electron chi connectivity index (χ3n) is 5.07. The molecule has 7 nitrogen and oxygen atoms in total. The van der Waals surface area contributed by atoms with Gasteiger partial charge in [-0.1, -0.05) is 23.5 Å². The minimum atomic E-state index is -0.244. The number of hydrogen-bond donors (Lipinski definition) is 1. The second-order valence-corrected chi connectivity index (χ2v) is 7.65. The van der Waals surface area contributed by atoms with Crippen molar-refractivity contribution in [2.45, 2.75) is 6.04 Å². The number of aromatic nitrogens is 3. The number of furan rings is 1. The van der Waals surface area contributed by atoms with Gasteiger partial charge in [0.2, 0.25) is 10.8 Å². The van der Waals surface area contributed by atoms with Gasteiger partial charge in [0, 0.05) is 26.2 Å². The van der Waals surface area contributed by atoms with Crippen LogP contribution in [-0.4, -0.2) is 50.8 Å². The molecule has 144 valence electrons. The smallest absolute Gasteiger partial charge is 0.230 e. The number of piperazine rings is 1. The number of nitrogens with zero attached hydrogens (tertiary/aromatic N) is 5. The molecule has 0 aliphatic carbocycles. The molecule has 3 aromatic heterocycles. The maximum absolute atomic E-state index is 14.1. The molecule has 9 heteroatoms. The van der Waals surface area contributed by atoms with Crippen molar-refractivity contribution in [1.29, 1.82) is 0 Å². The number of aromatic hydroxyl groups is 1. The third kappa shape index (κ3) is 2.83. The van der Waals surface area contributed by atoms with E-state index in [-0.39, 0.29) is 17.7 Å². The van der Waals surface area contributed by atoms with Crippen molar-refractivity contribution in [3.8, 4) is 5.88 Å². The van der Waals surface area contributed by atoms with Gasteiger partial charge >= 0.3 is 0 Å². The number of para-hydroxylation sites is 1. The van der Waals surface area contributed by atoms with Gasteiger partial charge in [-0.25, -0.2) is 9.37 Å².